The summed E-state index contributed by atoms with van der Waals surface area (Å²) in [4.78, 5) is 12.1. The number of amides is 1. The van der Waals surface area contributed by atoms with E-state index < -0.39 is 11.8 Å². The van der Waals surface area contributed by atoms with Crippen LogP contribution in [0.4, 0.5) is 4.79 Å². The van der Waals surface area contributed by atoms with Gasteiger partial charge in [0.25, 0.3) is 5.72 Å². The summed E-state index contributed by atoms with van der Waals surface area (Å²) in [7, 11) is 0. The smallest absolute Gasteiger partial charge is 0.406 e. The van der Waals surface area contributed by atoms with Gasteiger partial charge in [0, 0.05) is 6.92 Å². The van der Waals surface area contributed by atoms with Crippen LogP contribution in [0.2, 0.25) is 5.02 Å². The average molecular weight is 298 g/mol. The minimum Gasteiger partial charge on any atom is -0.486 e. The van der Waals surface area contributed by atoms with Crippen LogP contribution in [0.1, 0.15) is 6.92 Å². The number of para-hydroxylation sites is 1. The summed E-state index contributed by atoms with van der Waals surface area (Å²) in [5.74, 6) is 0.438. The molecular weight excluding hydrogens is 286 g/mol. The molecule has 1 heterocycles. The van der Waals surface area contributed by atoms with Crippen molar-refractivity contribution in [3.8, 4) is 5.75 Å². The lowest BCUT2D eigenvalue weighted by Crippen LogP contribution is -2.44. The lowest BCUT2D eigenvalue weighted by Gasteiger charge is -2.26. The Balaban J connectivity index is 2.17. The molecule has 20 heavy (non-hydrogen) atoms. The molecule has 0 saturated carbocycles. The molecule has 0 saturated heterocycles. The van der Waals surface area contributed by atoms with Crippen molar-refractivity contribution in [3.05, 3.63) is 35.6 Å². The average Bonchev–Trinajstić information content (AvgIpc) is 2.91. The third-order valence-corrected chi connectivity index (χ3v) is 2.74. The molecule has 106 valence electrons. The Morgan fingerprint density at radius 2 is 2.25 bits per heavy atom. The zero-order valence-electron chi connectivity index (χ0n) is 10.6. The summed E-state index contributed by atoms with van der Waals surface area (Å²) in [5.41, 5.74) is 3.72. The van der Waals surface area contributed by atoms with Crippen LogP contribution in [0.5, 0.6) is 5.75 Å². The molecule has 0 spiro atoms. The molecule has 1 atom stereocenters. The first-order valence-electron chi connectivity index (χ1n) is 5.60. The molecule has 9 heteroatoms. The first kappa shape index (κ1) is 14.1. The predicted octanol–water partition coefficient (Wildman–Crippen LogP) is 1.17. The summed E-state index contributed by atoms with van der Waals surface area (Å²) in [6.07, 6.45) is 0.227. The molecule has 1 unspecified atom stereocenters. The molecule has 2 rings (SSSR count). The normalized spacial score (nSPS) is 13.5. The van der Waals surface area contributed by atoms with Gasteiger partial charge in [0.05, 0.1) is 5.02 Å². The molecule has 1 aromatic carbocycles. The molecule has 0 radical (unpaired) electrons. The van der Waals surface area contributed by atoms with Gasteiger partial charge in [-0.2, -0.15) is 0 Å². The van der Waals surface area contributed by atoms with E-state index in [2.05, 4.69) is 15.4 Å². The van der Waals surface area contributed by atoms with Gasteiger partial charge in [0.15, 0.2) is 12.9 Å². The standard InChI is InChI=1S/C11H12ClN5O3/c1-11(20-10(13)18,17-15-7-14-16-17)6-19-9-5-3-2-4-8(9)12/h2-5,7H,6H2,1H3,(H2,13,18). The summed E-state index contributed by atoms with van der Waals surface area (Å²) < 4.78 is 10.5. The Bertz CT molecular complexity index is 592. The fourth-order valence-electron chi connectivity index (χ4n) is 1.50. The number of tetrazole rings is 1. The minimum absolute atomic E-state index is 0.0873. The first-order valence-corrected chi connectivity index (χ1v) is 5.98. The number of nitrogens with zero attached hydrogens (tertiary/aromatic N) is 4. The number of carbonyl (C=O) groups excluding carboxylic acids is 1. The number of carbonyl (C=O) groups is 1. The second-order valence-corrected chi connectivity index (χ2v) is 4.45. The van der Waals surface area contributed by atoms with Gasteiger partial charge < -0.3 is 15.2 Å². The Hall–Kier alpha value is -2.35. The van der Waals surface area contributed by atoms with E-state index in [0.29, 0.717) is 10.8 Å². The van der Waals surface area contributed by atoms with E-state index >= 15 is 0 Å². The number of halogens is 1. The van der Waals surface area contributed by atoms with Crippen LogP contribution in [0, 0.1) is 0 Å². The van der Waals surface area contributed by atoms with E-state index in [0.717, 1.165) is 4.80 Å². The number of nitrogens with two attached hydrogens (primary N) is 1. The molecule has 8 nitrogen and oxygen atoms in total. The Kier molecular flexibility index (Phi) is 4.04. The van der Waals surface area contributed by atoms with E-state index in [1.165, 1.54) is 13.3 Å². The van der Waals surface area contributed by atoms with Gasteiger partial charge in [-0.1, -0.05) is 23.7 Å². The number of primary amides is 1. The molecule has 2 aromatic rings. The maximum Gasteiger partial charge on any atom is 0.406 e. The van der Waals surface area contributed by atoms with Crippen molar-refractivity contribution in [3.63, 3.8) is 0 Å². The topological polar surface area (TPSA) is 105 Å². The van der Waals surface area contributed by atoms with E-state index in [1.54, 1.807) is 24.3 Å². The molecule has 2 N–H and O–H groups in total. The summed E-state index contributed by atoms with van der Waals surface area (Å²) in [6, 6.07) is 6.90. The van der Waals surface area contributed by atoms with Crippen molar-refractivity contribution in [1.82, 2.24) is 20.2 Å². The SMILES string of the molecule is CC(COc1ccccc1Cl)(OC(N)=O)n1ncnn1. The van der Waals surface area contributed by atoms with Gasteiger partial charge in [-0.05, 0) is 17.3 Å². The van der Waals surface area contributed by atoms with Crippen LogP contribution in [-0.2, 0) is 10.5 Å². The van der Waals surface area contributed by atoms with E-state index in [4.69, 9.17) is 26.8 Å². The number of hydrogen-bond donors (Lipinski definition) is 1. The number of benzene rings is 1. The monoisotopic (exact) mass is 297 g/mol. The van der Waals surface area contributed by atoms with Crippen LogP contribution < -0.4 is 10.5 Å². The third-order valence-electron chi connectivity index (χ3n) is 2.42. The number of ether oxygens (including phenoxy) is 2. The van der Waals surface area contributed by atoms with Gasteiger partial charge in [0.1, 0.15) is 5.75 Å². The Morgan fingerprint density at radius 1 is 1.50 bits per heavy atom. The fourth-order valence-corrected chi connectivity index (χ4v) is 1.69. The summed E-state index contributed by atoms with van der Waals surface area (Å²) >= 11 is 5.98. The molecule has 1 aromatic heterocycles. The number of hydrogen-bond acceptors (Lipinski definition) is 6. The van der Waals surface area contributed by atoms with Crippen LogP contribution in [0.3, 0.4) is 0 Å². The predicted molar refractivity (Wildman–Crippen MR) is 69.1 cm³/mol. The number of rotatable bonds is 5. The molecule has 0 bridgehead atoms. The van der Waals surface area contributed by atoms with Crippen LogP contribution in [0.15, 0.2) is 30.6 Å². The quantitative estimate of drug-likeness (QED) is 0.888. The highest BCUT2D eigenvalue weighted by molar-refractivity contribution is 6.32. The summed E-state index contributed by atoms with van der Waals surface area (Å²) in [5, 5.41) is 11.5. The second-order valence-electron chi connectivity index (χ2n) is 4.04. The largest absolute Gasteiger partial charge is 0.486 e. The molecule has 1 amide bonds. The van der Waals surface area contributed by atoms with Crippen molar-refractivity contribution in [1.29, 1.82) is 0 Å². The summed E-state index contributed by atoms with van der Waals surface area (Å²) in [6.45, 7) is 1.45. The molecule has 0 aliphatic rings. The van der Waals surface area contributed by atoms with Crippen LogP contribution >= 0.6 is 11.6 Å². The third kappa shape index (κ3) is 3.15. The lowest BCUT2D eigenvalue weighted by atomic mass is 10.3. The van der Waals surface area contributed by atoms with Gasteiger partial charge in [-0.15, -0.1) is 15.0 Å². The maximum atomic E-state index is 11.0. The van der Waals surface area contributed by atoms with E-state index in [9.17, 15) is 4.79 Å². The van der Waals surface area contributed by atoms with Crippen LogP contribution in [-0.4, -0.2) is 32.9 Å². The Labute approximate surface area is 119 Å². The Morgan fingerprint density at radius 3 is 2.85 bits per heavy atom. The first-order chi connectivity index (χ1) is 9.51. The highest BCUT2D eigenvalue weighted by Crippen LogP contribution is 2.25. The zero-order chi connectivity index (χ0) is 14.6. The van der Waals surface area contributed by atoms with Crippen molar-refractivity contribution in [2.75, 3.05) is 6.61 Å². The van der Waals surface area contributed by atoms with Crippen LogP contribution in [0.25, 0.3) is 0 Å². The lowest BCUT2D eigenvalue weighted by molar-refractivity contribution is -0.0836. The molecule has 0 aliphatic carbocycles. The fraction of sp³-hybridized carbons (Fsp3) is 0.273. The van der Waals surface area contributed by atoms with Crippen molar-refractivity contribution < 1.29 is 14.3 Å². The molecular formula is C11H12ClN5O3. The highest BCUT2D eigenvalue weighted by atomic mass is 35.5. The van der Waals surface area contributed by atoms with Gasteiger partial charge in [-0.25, -0.2) is 4.79 Å². The number of aromatic nitrogens is 4. The van der Waals surface area contributed by atoms with Gasteiger partial charge in [-0.3, -0.25) is 0 Å². The van der Waals surface area contributed by atoms with E-state index in [1.807, 2.05) is 0 Å². The molecule has 0 fully saturated rings. The van der Waals surface area contributed by atoms with Crippen molar-refractivity contribution in [2.45, 2.75) is 12.6 Å². The van der Waals surface area contributed by atoms with E-state index in [-0.39, 0.29) is 6.61 Å². The van der Waals surface area contributed by atoms with Crippen molar-refractivity contribution in [2.24, 2.45) is 5.73 Å². The molecule has 0 aliphatic heterocycles. The zero-order valence-corrected chi connectivity index (χ0v) is 11.3. The van der Waals surface area contributed by atoms with Crippen molar-refractivity contribution >= 4 is 17.7 Å². The minimum atomic E-state index is -1.33. The van der Waals surface area contributed by atoms with Gasteiger partial charge in [0.2, 0.25) is 0 Å². The maximum absolute atomic E-state index is 11.0. The highest BCUT2D eigenvalue weighted by Gasteiger charge is 2.34. The van der Waals surface area contributed by atoms with Gasteiger partial charge >= 0.3 is 6.09 Å². The second kappa shape index (κ2) is 5.74.